The number of benzene rings is 2. The van der Waals surface area contributed by atoms with Crippen LogP contribution in [0.5, 0.6) is 0 Å². The number of carbonyl (C=O) groups is 2. The maximum absolute atomic E-state index is 13.7. The van der Waals surface area contributed by atoms with E-state index in [1.807, 2.05) is 6.92 Å². The first kappa shape index (κ1) is 29.0. The van der Waals surface area contributed by atoms with E-state index in [9.17, 15) is 32.3 Å². The van der Waals surface area contributed by atoms with Crippen LogP contribution in [0.3, 0.4) is 0 Å². The Morgan fingerprint density at radius 1 is 1.10 bits per heavy atom. The smallest absolute Gasteiger partial charge is 0.385 e. The van der Waals surface area contributed by atoms with Gasteiger partial charge in [-0.15, -0.1) is 0 Å². The Morgan fingerprint density at radius 2 is 1.82 bits per heavy atom. The second-order valence-corrected chi connectivity index (χ2v) is 10.2. The highest BCUT2D eigenvalue weighted by Gasteiger charge is 2.42. The van der Waals surface area contributed by atoms with Crippen molar-refractivity contribution in [3.8, 4) is 0 Å². The molecule has 0 unspecified atom stereocenters. The largest absolute Gasteiger partial charge is 0.416 e. The standard InChI is InChI=1S/C28H33F4N3O4/c1-2-39-24-17-35(22-9-11-27(38,12-10-22)19-6-4-8-21(29)14-19)16-23(24)34-25(36)15-33-26(37)18-5-3-7-20(13-18)28(30,31)32/h3-8,13-14,22-24,38H,2,9-12,15-17H2,1H3,(H,33,37)(H,34,36)/t22?,23-,24+,27?/m0/s1. The second-order valence-electron chi connectivity index (χ2n) is 10.2. The van der Waals surface area contributed by atoms with Crippen LogP contribution in [0.2, 0.25) is 0 Å². The van der Waals surface area contributed by atoms with Crippen molar-refractivity contribution in [2.24, 2.45) is 0 Å². The molecule has 1 saturated heterocycles. The van der Waals surface area contributed by atoms with Gasteiger partial charge in [0, 0.05) is 31.3 Å². The number of hydrogen-bond acceptors (Lipinski definition) is 5. The zero-order valence-electron chi connectivity index (χ0n) is 21.6. The van der Waals surface area contributed by atoms with E-state index >= 15 is 0 Å². The molecule has 2 aliphatic rings. The highest BCUT2D eigenvalue weighted by atomic mass is 19.4. The van der Waals surface area contributed by atoms with Crippen LogP contribution in [0.1, 0.15) is 54.1 Å². The number of rotatable bonds is 8. The molecule has 212 valence electrons. The number of aliphatic hydroxyl groups is 1. The molecular formula is C28H33F4N3O4. The van der Waals surface area contributed by atoms with Crippen LogP contribution in [0.15, 0.2) is 48.5 Å². The Hall–Kier alpha value is -3.02. The molecule has 1 heterocycles. The van der Waals surface area contributed by atoms with Crippen molar-refractivity contribution in [2.45, 2.75) is 62.6 Å². The number of halogens is 4. The first-order valence-corrected chi connectivity index (χ1v) is 13.1. The van der Waals surface area contributed by atoms with Gasteiger partial charge in [0.25, 0.3) is 5.91 Å². The summed E-state index contributed by atoms with van der Waals surface area (Å²) in [5, 5.41) is 16.4. The van der Waals surface area contributed by atoms with Crippen LogP contribution >= 0.6 is 0 Å². The van der Waals surface area contributed by atoms with Gasteiger partial charge in [-0.2, -0.15) is 13.2 Å². The molecule has 39 heavy (non-hydrogen) atoms. The monoisotopic (exact) mass is 551 g/mol. The molecular weight excluding hydrogens is 518 g/mol. The van der Waals surface area contributed by atoms with Gasteiger partial charge in [0.05, 0.1) is 29.9 Å². The minimum Gasteiger partial charge on any atom is -0.385 e. The molecule has 2 amide bonds. The summed E-state index contributed by atoms with van der Waals surface area (Å²) in [6, 6.07) is 9.88. The Bertz CT molecular complexity index is 1170. The topological polar surface area (TPSA) is 90.9 Å². The van der Waals surface area contributed by atoms with Gasteiger partial charge in [-0.1, -0.05) is 18.2 Å². The third-order valence-electron chi connectivity index (χ3n) is 7.54. The summed E-state index contributed by atoms with van der Waals surface area (Å²) in [5.74, 6) is -1.64. The molecule has 0 bridgehead atoms. The Labute approximate surface area is 224 Å². The fourth-order valence-electron chi connectivity index (χ4n) is 5.49. The number of nitrogens with zero attached hydrogens (tertiary/aromatic N) is 1. The van der Waals surface area contributed by atoms with E-state index in [1.54, 1.807) is 12.1 Å². The van der Waals surface area contributed by atoms with Crippen LogP contribution in [-0.4, -0.2) is 66.2 Å². The molecule has 2 aromatic carbocycles. The van der Waals surface area contributed by atoms with Crippen LogP contribution in [0.25, 0.3) is 0 Å². The maximum atomic E-state index is 13.7. The number of nitrogens with one attached hydrogen (secondary N) is 2. The lowest BCUT2D eigenvalue weighted by molar-refractivity contribution is -0.137. The Balaban J connectivity index is 1.30. The van der Waals surface area contributed by atoms with Crippen molar-refractivity contribution in [3.05, 3.63) is 71.0 Å². The van der Waals surface area contributed by atoms with Crippen molar-refractivity contribution in [1.29, 1.82) is 0 Å². The fourth-order valence-corrected chi connectivity index (χ4v) is 5.49. The van der Waals surface area contributed by atoms with E-state index in [0.29, 0.717) is 50.9 Å². The van der Waals surface area contributed by atoms with Crippen LogP contribution in [0, 0.1) is 5.82 Å². The zero-order chi connectivity index (χ0) is 28.2. The molecule has 11 heteroatoms. The van der Waals surface area contributed by atoms with Crippen LogP contribution < -0.4 is 10.6 Å². The molecule has 0 spiro atoms. The normalized spacial score (nSPS) is 25.8. The molecule has 2 atom stereocenters. The van der Waals surface area contributed by atoms with Gasteiger partial charge < -0.3 is 20.5 Å². The Kier molecular flexibility index (Phi) is 8.93. The minimum absolute atomic E-state index is 0.157. The van der Waals surface area contributed by atoms with Gasteiger partial charge in [-0.05, 0) is 68.5 Å². The van der Waals surface area contributed by atoms with Gasteiger partial charge in [0.2, 0.25) is 5.91 Å². The quantitative estimate of drug-likeness (QED) is 0.437. The maximum Gasteiger partial charge on any atom is 0.416 e. The molecule has 2 aromatic rings. The molecule has 3 N–H and O–H groups in total. The van der Waals surface area contributed by atoms with E-state index < -0.39 is 35.7 Å². The average Bonchev–Trinajstić information content (AvgIpc) is 3.29. The van der Waals surface area contributed by atoms with Crippen molar-refractivity contribution >= 4 is 11.8 Å². The van der Waals surface area contributed by atoms with Crippen molar-refractivity contribution in [1.82, 2.24) is 15.5 Å². The third kappa shape index (κ3) is 7.14. The number of likely N-dealkylation sites (tertiary alicyclic amines) is 1. The summed E-state index contributed by atoms with van der Waals surface area (Å²) in [7, 11) is 0. The van der Waals surface area contributed by atoms with E-state index in [1.165, 1.54) is 18.2 Å². The summed E-state index contributed by atoms with van der Waals surface area (Å²) in [5.41, 5.74) is -1.63. The van der Waals surface area contributed by atoms with Crippen molar-refractivity contribution in [2.75, 3.05) is 26.2 Å². The molecule has 0 radical (unpaired) electrons. The number of ether oxygens (including phenoxy) is 1. The molecule has 4 rings (SSSR count). The summed E-state index contributed by atoms with van der Waals surface area (Å²) in [4.78, 5) is 27.2. The van der Waals surface area contributed by atoms with Gasteiger partial charge in [-0.3, -0.25) is 14.5 Å². The average molecular weight is 552 g/mol. The van der Waals surface area contributed by atoms with Crippen LogP contribution in [-0.2, 0) is 21.3 Å². The van der Waals surface area contributed by atoms with Gasteiger partial charge in [0.1, 0.15) is 5.82 Å². The zero-order valence-corrected chi connectivity index (χ0v) is 21.6. The second kappa shape index (κ2) is 12.0. The fraction of sp³-hybridized carbons (Fsp3) is 0.500. The third-order valence-corrected chi connectivity index (χ3v) is 7.54. The molecule has 0 aromatic heterocycles. The van der Waals surface area contributed by atoms with Crippen molar-refractivity contribution in [3.63, 3.8) is 0 Å². The molecule has 1 saturated carbocycles. The predicted molar refractivity (Wildman–Crippen MR) is 135 cm³/mol. The van der Waals surface area contributed by atoms with E-state index in [4.69, 9.17) is 4.74 Å². The van der Waals surface area contributed by atoms with Crippen LogP contribution in [0.4, 0.5) is 17.6 Å². The lowest BCUT2D eigenvalue weighted by Crippen LogP contribution is -2.48. The SMILES string of the molecule is CCO[C@@H]1CN(C2CCC(O)(c3cccc(F)c3)CC2)C[C@@H]1NC(=O)CNC(=O)c1cccc(C(F)(F)F)c1. The Morgan fingerprint density at radius 3 is 2.49 bits per heavy atom. The molecule has 1 aliphatic heterocycles. The summed E-state index contributed by atoms with van der Waals surface area (Å²) in [6.45, 7) is 3.01. The number of hydrogen-bond donors (Lipinski definition) is 3. The van der Waals surface area contributed by atoms with E-state index in [2.05, 4.69) is 15.5 Å². The van der Waals surface area contributed by atoms with Gasteiger partial charge in [-0.25, -0.2) is 4.39 Å². The van der Waals surface area contributed by atoms with Gasteiger partial charge in [0.15, 0.2) is 0 Å². The lowest BCUT2D eigenvalue weighted by atomic mass is 9.77. The lowest BCUT2D eigenvalue weighted by Gasteiger charge is -2.40. The first-order valence-electron chi connectivity index (χ1n) is 13.1. The molecule has 7 nitrogen and oxygen atoms in total. The van der Waals surface area contributed by atoms with Gasteiger partial charge >= 0.3 is 6.18 Å². The molecule has 1 aliphatic carbocycles. The summed E-state index contributed by atoms with van der Waals surface area (Å²) in [6.07, 6.45) is -2.50. The van der Waals surface area contributed by atoms with Crippen molar-refractivity contribution < 1.29 is 37.0 Å². The number of amides is 2. The van der Waals surface area contributed by atoms with E-state index in [-0.39, 0.29) is 29.6 Å². The number of carbonyl (C=O) groups excluding carboxylic acids is 2. The number of alkyl halides is 3. The van der Waals surface area contributed by atoms with E-state index in [0.717, 1.165) is 18.2 Å². The highest BCUT2D eigenvalue weighted by Crippen LogP contribution is 2.39. The predicted octanol–water partition coefficient (Wildman–Crippen LogP) is 3.61. The molecule has 2 fully saturated rings. The highest BCUT2D eigenvalue weighted by molar-refractivity contribution is 5.96. The summed E-state index contributed by atoms with van der Waals surface area (Å²) < 4.78 is 58.3. The summed E-state index contributed by atoms with van der Waals surface area (Å²) >= 11 is 0. The first-order chi connectivity index (χ1) is 18.5. The minimum atomic E-state index is -4.58.